The largest absolute Gasteiger partial charge is 0.379 e. The highest BCUT2D eigenvalue weighted by Crippen LogP contribution is 2.19. The maximum atomic E-state index is 12.5. The monoisotopic (exact) mass is 347 g/mol. The Labute approximate surface area is 147 Å². The fourth-order valence-electron chi connectivity index (χ4n) is 3.08. The fraction of sp³-hybridized carbons (Fsp3) is 0.500. The second-order valence-electron chi connectivity index (χ2n) is 6.16. The third kappa shape index (κ3) is 4.06. The number of amides is 1. The highest BCUT2D eigenvalue weighted by molar-refractivity contribution is 7.09. The molecule has 1 N–H and O–H groups in total. The Bertz CT molecular complexity index is 673. The van der Waals surface area contributed by atoms with Crippen LogP contribution >= 0.6 is 11.3 Å². The minimum Gasteiger partial charge on any atom is -0.379 e. The van der Waals surface area contributed by atoms with Gasteiger partial charge in [0, 0.05) is 42.4 Å². The molecule has 1 fully saturated rings. The molecule has 0 saturated carbocycles. The summed E-state index contributed by atoms with van der Waals surface area (Å²) in [5, 5.41) is 5.14. The van der Waals surface area contributed by atoms with Crippen molar-refractivity contribution in [3.05, 3.63) is 45.4 Å². The average Bonchev–Trinajstić information content (AvgIpc) is 3.19. The molecule has 3 heterocycles. The molecular weight excluding hydrogens is 322 g/mol. The molecule has 130 valence electrons. The van der Waals surface area contributed by atoms with Crippen LogP contribution in [-0.4, -0.2) is 54.8 Å². The summed E-state index contributed by atoms with van der Waals surface area (Å²) in [5.74, 6) is 0.0220. The molecule has 5 nitrogen and oxygen atoms in total. The van der Waals surface area contributed by atoms with Gasteiger partial charge in [0.25, 0.3) is 5.91 Å². The first kappa shape index (κ1) is 17.2. The number of hydrogen-bond acceptors (Lipinski definition) is 4. The van der Waals surface area contributed by atoms with Gasteiger partial charge in [-0.15, -0.1) is 11.3 Å². The molecule has 1 saturated heterocycles. The van der Waals surface area contributed by atoms with E-state index in [1.165, 1.54) is 4.88 Å². The molecule has 2 aromatic heterocycles. The number of aryl methyl sites for hydroxylation is 1. The molecule has 1 amide bonds. The predicted octanol–water partition coefficient (Wildman–Crippen LogP) is 2.28. The standard InChI is InChI=1S/C18H25N3O2S/c1-14-12-17(15(2)21(14)13-16-4-3-11-24-16)18(22)19-5-6-20-7-9-23-10-8-20/h3-4,11-12H,5-10,13H2,1-2H3,(H,19,22). The van der Waals surface area contributed by atoms with Crippen LogP contribution in [0.2, 0.25) is 0 Å². The van der Waals surface area contributed by atoms with Crippen LogP contribution in [-0.2, 0) is 11.3 Å². The van der Waals surface area contributed by atoms with Crippen molar-refractivity contribution in [2.45, 2.75) is 20.4 Å². The number of carbonyl (C=O) groups is 1. The normalized spacial score (nSPS) is 15.6. The fourth-order valence-corrected chi connectivity index (χ4v) is 3.77. The van der Waals surface area contributed by atoms with Gasteiger partial charge >= 0.3 is 0 Å². The molecule has 0 aliphatic carbocycles. The second kappa shape index (κ2) is 7.96. The van der Waals surface area contributed by atoms with Crippen LogP contribution in [0.25, 0.3) is 0 Å². The molecule has 0 spiro atoms. The summed E-state index contributed by atoms with van der Waals surface area (Å²) in [7, 11) is 0. The molecule has 0 radical (unpaired) electrons. The Morgan fingerprint density at radius 3 is 2.83 bits per heavy atom. The summed E-state index contributed by atoms with van der Waals surface area (Å²) in [5.41, 5.74) is 2.94. The van der Waals surface area contributed by atoms with Crippen molar-refractivity contribution in [2.24, 2.45) is 0 Å². The minimum absolute atomic E-state index is 0.0220. The molecule has 0 aromatic carbocycles. The van der Waals surface area contributed by atoms with Gasteiger partial charge in [-0.25, -0.2) is 0 Å². The van der Waals surface area contributed by atoms with E-state index >= 15 is 0 Å². The summed E-state index contributed by atoms with van der Waals surface area (Å²) < 4.78 is 7.55. The average molecular weight is 347 g/mol. The van der Waals surface area contributed by atoms with Gasteiger partial charge in [-0.2, -0.15) is 0 Å². The number of nitrogens with zero attached hydrogens (tertiary/aromatic N) is 2. The van der Waals surface area contributed by atoms with Crippen LogP contribution in [0.3, 0.4) is 0 Å². The van der Waals surface area contributed by atoms with Crippen molar-refractivity contribution in [1.82, 2.24) is 14.8 Å². The third-order valence-corrected chi connectivity index (χ3v) is 5.39. The van der Waals surface area contributed by atoms with E-state index in [0.29, 0.717) is 6.54 Å². The number of thiophene rings is 1. The SMILES string of the molecule is Cc1cc(C(=O)NCCN2CCOCC2)c(C)n1Cc1cccs1. The summed E-state index contributed by atoms with van der Waals surface area (Å²) in [4.78, 5) is 16.1. The first-order valence-corrected chi connectivity index (χ1v) is 9.30. The Morgan fingerprint density at radius 2 is 2.12 bits per heavy atom. The van der Waals surface area contributed by atoms with Crippen LogP contribution in [0.4, 0.5) is 0 Å². The summed E-state index contributed by atoms with van der Waals surface area (Å²) >= 11 is 1.75. The van der Waals surface area contributed by atoms with Crippen molar-refractivity contribution in [3.63, 3.8) is 0 Å². The summed E-state index contributed by atoms with van der Waals surface area (Å²) in [6.07, 6.45) is 0. The van der Waals surface area contributed by atoms with Gasteiger partial charge in [0.1, 0.15) is 0 Å². The van der Waals surface area contributed by atoms with E-state index in [1.807, 2.05) is 13.0 Å². The van der Waals surface area contributed by atoms with E-state index in [0.717, 1.165) is 56.3 Å². The van der Waals surface area contributed by atoms with Crippen LogP contribution in [0.5, 0.6) is 0 Å². The van der Waals surface area contributed by atoms with E-state index in [1.54, 1.807) is 11.3 Å². The lowest BCUT2D eigenvalue weighted by Gasteiger charge is -2.26. The van der Waals surface area contributed by atoms with Gasteiger partial charge < -0.3 is 14.6 Å². The molecule has 6 heteroatoms. The van der Waals surface area contributed by atoms with E-state index in [9.17, 15) is 4.79 Å². The second-order valence-corrected chi connectivity index (χ2v) is 7.19. The van der Waals surface area contributed by atoms with Crippen LogP contribution in [0, 0.1) is 13.8 Å². The first-order valence-electron chi connectivity index (χ1n) is 8.42. The first-order chi connectivity index (χ1) is 11.6. The highest BCUT2D eigenvalue weighted by atomic mass is 32.1. The zero-order chi connectivity index (χ0) is 16.9. The van der Waals surface area contributed by atoms with Crippen LogP contribution in [0.15, 0.2) is 23.6 Å². The number of hydrogen-bond donors (Lipinski definition) is 1. The lowest BCUT2D eigenvalue weighted by molar-refractivity contribution is 0.0383. The Hall–Kier alpha value is -1.63. The minimum atomic E-state index is 0.0220. The molecule has 0 bridgehead atoms. The summed E-state index contributed by atoms with van der Waals surface area (Å²) in [6.45, 7) is 9.95. The Morgan fingerprint density at radius 1 is 1.33 bits per heavy atom. The number of rotatable bonds is 6. The number of carbonyl (C=O) groups excluding carboxylic acids is 1. The zero-order valence-electron chi connectivity index (χ0n) is 14.4. The number of ether oxygens (including phenoxy) is 1. The molecule has 1 aliphatic rings. The van der Waals surface area contributed by atoms with Crippen molar-refractivity contribution in [2.75, 3.05) is 39.4 Å². The van der Waals surface area contributed by atoms with Gasteiger partial charge in [0.2, 0.25) is 0 Å². The molecule has 0 atom stereocenters. The maximum absolute atomic E-state index is 12.5. The smallest absolute Gasteiger partial charge is 0.253 e. The molecular formula is C18H25N3O2S. The Kier molecular flexibility index (Phi) is 5.71. The number of nitrogens with one attached hydrogen (secondary N) is 1. The quantitative estimate of drug-likeness (QED) is 0.872. The molecule has 2 aromatic rings. The molecule has 24 heavy (non-hydrogen) atoms. The molecule has 3 rings (SSSR count). The van der Waals surface area contributed by atoms with E-state index < -0.39 is 0 Å². The lowest BCUT2D eigenvalue weighted by atomic mass is 10.2. The van der Waals surface area contributed by atoms with Crippen molar-refractivity contribution in [3.8, 4) is 0 Å². The topological polar surface area (TPSA) is 46.5 Å². The van der Waals surface area contributed by atoms with Crippen molar-refractivity contribution >= 4 is 17.2 Å². The lowest BCUT2D eigenvalue weighted by Crippen LogP contribution is -2.41. The molecule has 1 aliphatic heterocycles. The van der Waals surface area contributed by atoms with Crippen LogP contribution < -0.4 is 5.32 Å². The maximum Gasteiger partial charge on any atom is 0.253 e. The van der Waals surface area contributed by atoms with Crippen LogP contribution in [0.1, 0.15) is 26.6 Å². The van der Waals surface area contributed by atoms with E-state index in [-0.39, 0.29) is 5.91 Å². The van der Waals surface area contributed by atoms with Crippen molar-refractivity contribution in [1.29, 1.82) is 0 Å². The van der Waals surface area contributed by atoms with Gasteiger partial charge in [-0.05, 0) is 31.4 Å². The van der Waals surface area contributed by atoms with Crippen molar-refractivity contribution < 1.29 is 9.53 Å². The van der Waals surface area contributed by atoms with E-state index in [2.05, 4.69) is 39.2 Å². The predicted molar refractivity (Wildman–Crippen MR) is 96.9 cm³/mol. The third-order valence-electron chi connectivity index (χ3n) is 4.53. The van der Waals surface area contributed by atoms with Gasteiger partial charge in [-0.3, -0.25) is 9.69 Å². The molecule has 0 unspecified atom stereocenters. The van der Waals surface area contributed by atoms with Gasteiger partial charge in [-0.1, -0.05) is 6.07 Å². The van der Waals surface area contributed by atoms with E-state index in [4.69, 9.17) is 4.74 Å². The summed E-state index contributed by atoms with van der Waals surface area (Å²) in [6, 6.07) is 6.19. The number of aromatic nitrogens is 1. The van der Waals surface area contributed by atoms with Gasteiger partial charge in [0.05, 0.1) is 25.3 Å². The van der Waals surface area contributed by atoms with Gasteiger partial charge in [0.15, 0.2) is 0 Å². The Balaban J connectivity index is 1.58. The number of morpholine rings is 1. The highest BCUT2D eigenvalue weighted by Gasteiger charge is 2.16. The zero-order valence-corrected chi connectivity index (χ0v) is 15.2.